The van der Waals surface area contributed by atoms with Gasteiger partial charge >= 0.3 is 0 Å². The minimum Gasteiger partial charge on any atom is -0.381 e. The van der Waals surface area contributed by atoms with E-state index in [9.17, 15) is 0 Å². The fraction of sp³-hybridized carbons (Fsp3) is 1.00. The van der Waals surface area contributed by atoms with Gasteiger partial charge in [0.1, 0.15) is 0 Å². The van der Waals surface area contributed by atoms with Gasteiger partial charge < -0.3 is 10.8 Å². The lowest BCUT2D eigenvalue weighted by molar-refractivity contribution is 0.117. The zero-order valence-electron chi connectivity index (χ0n) is 8.78. The number of aliphatic hydroxyl groups excluding tert-OH is 1. The summed E-state index contributed by atoms with van der Waals surface area (Å²) >= 11 is 0. The maximum atomic E-state index is 8.83. The summed E-state index contributed by atoms with van der Waals surface area (Å²) in [6, 6.07) is 1.01. The molecule has 0 amide bonds. The third-order valence-corrected chi connectivity index (χ3v) is 4.03. The van der Waals surface area contributed by atoms with E-state index in [1.807, 2.05) is 0 Å². The van der Waals surface area contributed by atoms with Gasteiger partial charge in [-0.1, -0.05) is 0 Å². The van der Waals surface area contributed by atoms with Gasteiger partial charge in [0.05, 0.1) is 6.73 Å². The summed E-state index contributed by atoms with van der Waals surface area (Å²) in [5.41, 5.74) is 5.98. The summed E-state index contributed by atoms with van der Waals surface area (Å²) in [6.45, 7) is 0.127. The lowest BCUT2D eigenvalue weighted by atomic mass is 9.68. The van der Waals surface area contributed by atoms with Gasteiger partial charge in [0.15, 0.2) is 0 Å². The van der Waals surface area contributed by atoms with Crippen LogP contribution in [0.15, 0.2) is 0 Å². The molecule has 2 rings (SSSR count). The molecule has 0 saturated heterocycles. The van der Waals surface area contributed by atoms with Crippen molar-refractivity contribution < 1.29 is 5.11 Å². The van der Waals surface area contributed by atoms with Crippen molar-refractivity contribution in [3.8, 4) is 0 Å². The molecular formula is C11H22N2O. The molecule has 3 nitrogen and oxygen atoms in total. The molecule has 0 aliphatic heterocycles. The summed E-state index contributed by atoms with van der Waals surface area (Å²) < 4.78 is 0. The van der Waals surface area contributed by atoms with Crippen LogP contribution in [-0.2, 0) is 0 Å². The molecule has 3 heteroatoms. The van der Waals surface area contributed by atoms with E-state index >= 15 is 0 Å². The van der Waals surface area contributed by atoms with E-state index in [2.05, 4.69) is 5.32 Å². The van der Waals surface area contributed by atoms with Crippen molar-refractivity contribution in [3.05, 3.63) is 0 Å². The fourth-order valence-electron chi connectivity index (χ4n) is 3.24. The molecule has 14 heavy (non-hydrogen) atoms. The van der Waals surface area contributed by atoms with Crippen LogP contribution in [0.4, 0.5) is 0 Å². The Balaban J connectivity index is 1.85. The first-order valence-electron chi connectivity index (χ1n) is 5.89. The second-order valence-corrected chi connectivity index (χ2v) is 4.97. The average molecular weight is 198 g/mol. The van der Waals surface area contributed by atoms with Crippen LogP contribution in [0.1, 0.15) is 38.5 Å². The Morgan fingerprint density at radius 2 is 1.79 bits per heavy atom. The molecule has 4 N–H and O–H groups in total. The van der Waals surface area contributed by atoms with Crippen molar-refractivity contribution in [1.29, 1.82) is 0 Å². The van der Waals surface area contributed by atoms with Crippen LogP contribution in [0, 0.1) is 11.8 Å². The number of fused-ring (bicyclic) bond motifs is 1. The standard InChI is InChI=1S/C11H22N2O/c12-10-3-1-9-6-11(13-7-14)4-2-8(9)5-10/h8-11,13-14H,1-7,12H2. The third kappa shape index (κ3) is 2.27. The molecule has 0 aromatic carbocycles. The smallest absolute Gasteiger partial charge is 0.0933 e. The second-order valence-electron chi connectivity index (χ2n) is 4.97. The van der Waals surface area contributed by atoms with Crippen LogP contribution in [0.3, 0.4) is 0 Å². The zero-order valence-corrected chi connectivity index (χ0v) is 8.78. The van der Waals surface area contributed by atoms with E-state index < -0.39 is 0 Å². The first-order chi connectivity index (χ1) is 6.79. The molecule has 2 aliphatic rings. The van der Waals surface area contributed by atoms with Crippen LogP contribution in [0.5, 0.6) is 0 Å². The van der Waals surface area contributed by atoms with Gasteiger partial charge in [-0.25, -0.2) is 0 Å². The monoisotopic (exact) mass is 198 g/mol. The highest BCUT2D eigenvalue weighted by Crippen LogP contribution is 2.39. The van der Waals surface area contributed by atoms with Gasteiger partial charge in [-0.05, 0) is 50.4 Å². The van der Waals surface area contributed by atoms with Crippen molar-refractivity contribution in [2.75, 3.05) is 6.73 Å². The molecule has 0 aromatic rings. The Morgan fingerprint density at radius 3 is 2.57 bits per heavy atom. The van der Waals surface area contributed by atoms with Crippen molar-refractivity contribution in [2.24, 2.45) is 17.6 Å². The Hall–Kier alpha value is -0.120. The van der Waals surface area contributed by atoms with Crippen LogP contribution >= 0.6 is 0 Å². The molecule has 4 unspecified atom stereocenters. The number of aliphatic hydroxyl groups is 1. The average Bonchev–Trinajstić information content (AvgIpc) is 2.19. The normalized spacial score (nSPS) is 43.3. The molecule has 4 atom stereocenters. The van der Waals surface area contributed by atoms with Crippen LogP contribution in [0.2, 0.25) is 0 Å². The van der Waals surface area contributed by atoms with E-state index in [1.54, 1.807) is 0 Å². The Labute approximate surface area is 86.1 Å². The zero-order chi connectivity index (χ0) is 9.97. The van der Waals surface area contributed by atoms with Crippen molar-refractivity contribution >= 4 is 0 Å². The summed E-state index contributed by atoms with van der Waals surface area (Å²) in [5.74, 6) is 1.74. The third-order valence-electron chi connectivity index (χ3n) is 4.03. The minimum absolute atomic E-state index is 0.127. The quantitative estimate of drug-likeness (QED) is 0.576. The molecule has 0 bridgehead atoms. The highest BCUT2D eigenvalue weighted by Gasteiger charge is 2.34. The maximum absolute atomic E-state index is 8.83. The lowest BCUT2D eigenvalue weighted by Crippen LogP contribution is -2.42. The predicted molar refractivity (Wildman–Crippen MR) is 56.7 cm³/mol. The first-order valence-corrected chi connectivity index (χ1v) is 5.89. The number of rotatable bonds is 2. The fourth-order valence-corrected chi connectivity index (χ4v) is 3.24. The number of hydrogen-bond acceptors (Lipinski definition) is 3. The maximum Gasteiger partial charge on any atom is 0.0933 e. The molecule has 82 valence electrons. The largest absolute Gasteiger partial charge is 0.381 e. The van der Waals surface area contributed by atoms with E-state index in [1.165, 1.54) is 38.5 Å². The summed E-state index contributed by atoms with van der Waals surface area (Å²) in [4.78, 5) is 0. The van der Waals surface area contributed by atoms with Crippen LogP contribution in [-0.4, -0.2) is 23.9 Å². The van der Waals surface area contributed by atoms with Gasteiger partial charge in [-0.2, -0.15) is 0 Å². The highest BCUT2D eigenvalue weighted by atomic mass is 16.3. The minimum atomic E-state index is 0.127. The van der Waals surface area contributed by atoms with Gasteiger partial charge in [-0.3, -0.25) is 5.32 Å². The topological polar surface area (TPSA) is 58.3 Å². The van der Waals surface area contributed by atoms with Gasteiger partial charge in [0.25, 0.3) is 0 Å². The molecule has 2 saturated carbocycles. The van der Waals surface area contributed by atoms with Gasteiger partial charge in [0.2, 0.25) is 0 Å². The van der Waals surface area contributed by atoms with E-state index in [0.717, 1.165) is 11.8 Å². The summed E-state index contributed by atoms with van der Waals surface area (Å²) in [5, 5.41) is 12.0. The number of nitrogens with one attached hydrogen (secondary N) is 1. The predicted octanol–water partition coefficient (Wildman–Crippen LogP) is 0.822. The highest BCUT2D eigenvalue weighted by molar-refractivity contribution is 4.89. The van der Waals surface area contributed by atoms with E-state index in [-0.39, 0.29) is 6.73 Å². The number of hydrogen-bond donors (Lipinski definition) is 3. The SMILES string of the molecule is NC1CCC2CC(NCO)CCC2C1. The molecular weight excluding hydrogens is 176 g/mol. The van der Waals surface area contributed by atoms with Crippen molar-refractivity contribution in [1.82, 2.24) is 5.32 Å². The second kappa shape index (κ2) is 4.60. The Kier molecular flexibility index (Phi) is 3.42. The van der Waals surface area contributed by atoms with Crippen LogP contribution in [0.25, 0.3) is 0 Å². The lowest BCUT2D eigenvalue weighted by Gasteiger charge is -2.41. The van der Waals surface area contributed by atoms with Gasteiger partial charge in [-0.15, -0.1) is 0 Å². The molecule has 0 heterocycles. The molecule has 0 aromatic heterocycles. The first kappa shape index (κ1) is 10.4. The van der Waals surface area contributed by atoms with Crippen LogP contribution < -0.4 is 11.1 Å². The Morgan fingerprint density at radius 1 is 1.07 bits per heavy atom. The summed E-state index contributed by atoms with van der Waals surface area (Å²) in [7, 11) is 0. The van der Waals surface area contributed by atoms with Gasteiger partial charge in [0, 0.05) is 12.1 Å². The van der Waals surface area contributed by atoms with Crippen molar-refractivity contribution in [3.63, 3.8) is 0 Å². The number of nitrogens with two attached hydrogens (primary N) is 1. The van der Waals surface area contributed by atoms with Crippen molar-refractivity contribution in [2.45, 2.75) is 50.6 Å². The van der Waals surface area contributed by atoms with E-state index in [4.69, 9.17) is 10.8 Å². The Bertz CT molecular complexity index is 186. The molecule has 2 fully saturated rings. The van der Waals surface area contributed by atoms with E-state index in [0.29, 0.717) is 12.1 Å². The summed E-state index contributed by atoms with van der Waals surface area (Å²) in [6.07, 6.45) is 7.50. The molecule has 2 aliphatic carbocycles. The molecule has 0 radical (unpaired) electrons. The molecule has 0 spiro atoms.